The highest BCUT2D eigenvalue weighted by Gasteiger charge is 2.11. The molecule has 0 aliphatic heterocycles. The van der Waals surface area contributed by atoms with Crippen molar-refractivity contribution >= 4 is 39.4 Å². The average molecular weight is 417 g/mol. The fourth-order valence-corrected chi connectivity index (χ4v) is 2.75. The lowest BCUT2D eigenvalue weighted by Gasteiger charge is -2.20. The highest BCUT2D eigenvalue weighted by molar-refractivity contribution is 9.10. The zero-order valence-corrected chi connectivity index (χ0v) is 17.0. The van der Waals surface area contributed by atoms with Crippen molar-refractivity contribution in [2.75, 3.05) is 23.3 Å². The first-order chi connectivity index (χ1) is 12.5. The first-order valence-electron chi connectivity index (χ1n) is 8.73. The van der Waals surface area contributed by atoms with Gasteiger partial charge in [-0.3, -0.25) is 4.79 Å². The highest BCUT2D eigenvalue weighted by Crippen LogP contribution is 2.15. The molecular formula is C20H25BrN4O. The second kappa shape index (κ2) is 9.97. The van der Waals surface area contributed by atoms with Gasteiger partial charge in [0, 0.05) is 28.9 Å². The number of amides is 1. The third-order valence-electron chi connectivity index (χ3n) is 4.03. The fourth-order valence-electron chi connectivity index (χ4n) is 2.49. The number of hydrogen-bond donors (Lipinski definition) is 2. The third-order valence-corrected chi connectivity index (χ3v) is 4.56. The number of hydrazone groups is 1. The van der Waals surface area contributed by atoms with E-state index in [0.29, 0.717) is 0 Å². The molecule has 0 bridgehead atoms. The summed E-state index contributed by atoms with van der Waals surface area (Å²) in [6.45, 7) is 8.02. The number of hydrogen-bond acceptors (Lipinski definition) is 4. The van der Waals surface area contributed by atoms with E-state index in [1.807, 2.05) is 36.4 Å². The molecule has 5 nitrogen and oxygen atoms in total. The Morgan fingerprint density at radius 1 is 1.12 bits per heavy atom. The van der Waals surface area contributed by atoms with Gasteiger partial charge in [-0.25, -0.2) is 5.43 Å². The van der Waals surface area contributed by atoms with Crippen LogP contribution >= 0.6 is 15.9 Å². The highest BCUT2D eigenvalue weighted by atomic mass is 79.9. The van der Waals surface area contributed by atoms with Crippen molar-refractivity contribution in [3.8, 4) is 0 Å². The van der Waals surface area contributed by atoms with Crippen LogP contribution in [0.3, 0.4) is 0 Å². The zero-order chi connectivity index (χ0) is 18.9. The summed E-state index contributed by atoms with van der Waals surface area (Å²) in [5, 5.41) is 7.19. The van der Waals surface area contributed by atoms with E-state index in [9.17, 15) is 4.79 Å². The van der Waals surface area contributed by atoms with Crippen molar-refractivity contribution in [1.82, 2.24) is 5.43 Å². The Labute approximate surface area is 163 Å². The van der Waals surface area contributed by atoms with Crippen LogP contribution in [0.5, 0.6) is 0 Å². The third kappa shape index (κ3) is 5.88. The van der Waals surface area contributed by atoms with E-state index >= 15 is 0 Å². The van der Waals surface area contributed by atoms with Gasteiger partial charge in [0.15, 0.2) is 0 Å². The minimum absolute atomic E-state index is 0.191. The van der Waals surface area contributed by atoms with Crippen molar-refractivity contribution < 1.29 is 4.79 Å². The molecule has 2 N–H and O–H groups in total. The SMILES string of the molecule is CCN(CC)c1ccc(C=NNC(=O)C(C)Nc2ccc(Br)cc2)cc1. The molecular weight excluding hydrogens is 392 g/mol. The van der Waals surface area contributed by atoms with Crippen LogP contribution in [0.15, 0.2) is 58.1 Å². The predicted molar refractivity (Wildman–Crippen MR) is 113 cm³/mol. The van der Waals surface area contributed by atoms with E-state index < -0.39 is 6.04 Å². The molecule has 1 amide bonds. The van der Waals surface area contributed by atoms with Crippen LogP contribution < -0.4 is 15.6 Å². The Kier molecular flexibility index (Phi) is 7.66. The van der Waals surface area contributed by atoms with Gasteiger partial charge < -0.3 is 10.2 Å². The van der Waals surface area contributed by atoms with E-state index in [-0.39, 0.29) is 5.91 Å². The van der Waals surface area contributed by atoms with Gasteiger partial charge in [0.1, 0.15) is 6.04 Å². The Bertz CT molecular complexity index is 724. The Morgan fingerprint density at radius 3 is 2.31 bits per heavy atom. The molecule has 0 saturated carbocycles. The van der Waals surface area contributed by atoms with Crippen LogP contribution in [-0.2, 0) is 4.79 Å². The molecule has 1 atom stereocenters. The van der Waals surface area contributed by atoms with Gasteiger partial charge in [-0.2, -0.15) is 5.10 Å². The van der Waals surface area contributed by atoms with E-state index in [2.05, 4.69) is 62.7 Å². The maximum Gasteiger partial charge on any atom is 0.262 e. The minimum Gasteiger partial charge on any atom is -0.374 e. The lowest BCUT2D eigenvalue weighted by atomic mass is 10.2. The van der Waals surface area contributed by atoms with Gasteiger partial charge in [0.05, 0.1) is 6.21 Å². The minimum atomic E-state index is -0.390. The number of carbonyl (C=O) groups is 1. The summed E-state index contributed by atoms with van der Waals surface area (Å²) in [5.74, 6) is -0.191. The van der Waals surface area contributed by atoms with Gasteiger partial charge in [0.2, 0.25) is 0 Å². The molecule has 0 spiro atoms. The predicted octanol–water partition coefficient (Wildman–Crippen LogP) is 4.25. The Morgan fingerprint density at radius 2 is 1.73 bits per heavy atom. The molecule has 2 aromatic carbocycles. The molecule has 0 aromatic heterocycles. The summed E-state index contributed by atoms with van der Waals surface area (Å²) in [6, 6.07) is 15.4. The quantitative estimate of drug-likeness (QED) is 0.499. The van der Waals surface area contributed by atoms with Crippen molar-refractivity contribution in [2.45, 2.75) is 26.8 Å². The van der Waals surface area contributed by atoms with E-state index in [1.165, 1.54) is 5.69 Å². The molecule has 1 unspecified atom stereocenters. The number of anilines is 2. The molecule has 138 valence electrons. The van der Waals surface area contributed by atoms with Gasteiger partial charge in [-0.1, -0.05) is 28.1 Å². The number of carbonyl (C=O) groups excluding carboxylic acids is 1. The largest absolute Gasteiger partial charge is 0.374 e. The molecule has 0 fully saturated rings. The van der Waals surface area contributed by atoms with Crippen LogP contribution in [0.2, 0.25) is 0 Å². The van der Waals surface area contributed by atoms with Crippen LogP contribution in [0.25, 0.3) is 0 Å². The molecule has 6 heteroatoms. The molecule has 0 aliphatic carbocycles. The summed E-state index contributed by atoms with van der Waals surface area (Å²) in [7, 11) is 0. The lowest BCUT2D eigenvalue weighted by Crippen LogP contribution is -2.34. The monoisotopic (exact) mass is 416 g/mol. The molecule has 2 aromatic rings. The van der Waals surface area contributed by atoms with Crippen LogP contribution in [0.1, 0.15) is 26.3 Å². The van der Waals surface area contributed by atoms with Gasteiger partial charge >= 0.3 is 0 Å². The van der Waals surface area contributed by atoms with Crippen LogP contribution in [-0.4, -0.2) is 31.3 Å². The Hall–Kier alpha value is -2.34. The smallest absolute Gasteiger partial charge is 0.262 e. The molecule has 0 aliphatic rings. The lowest BCUT2D eigenvalue weighted by molar-refractivity contribution is -0.121. The van der Waals surface area contributed by atoms with Crippen LogP contribution in [0, 0.1) is 0 Å². The number of halogens is 1. The number of rotatable bonds is 8. The number of benzene rings is 2. The maximum atomic E-state index is 12.1. The van der Waals surface area contributed by atoms with Crippen LogP contribution in [0.4, 0.5) is 11.4 Å². The normalized spacial score (nSPS) is 12.0. The van der Waals surface area contributed by atoms with Crippen molar-refractivity contribution in [2.24, 2.45) is 5.10 Å². The summed E-state index contributed by atoms with van der Waals surface area (Å²) in [6.07, 6.45) is 1.65. The molecule has 0 radical (unpaired) electrons. The van der Waals surface area contributed by atoms with E-state index in [4.69, 9.17) is 0 Å². The summed E-state index contributed by atoms with van der Waals surface area (Å²) >= 11 is 3.39. The average Bonchev–Trinajstić information content (AvgIpc) is 2.65. The summed E-state index contributed by atoms with van der Waals surface area (Å²) < 4.78 is 0.997. The second-order valence-corrected chi connectivity index (χ2v) is 6.79. The van der Waals surface area contributed by atoms with Gasteiger partial charge in [-0.15, -0.1) is 0 Å². The Balaban J connectivity index is 1.86. The standard InChI is InChI=1S/C20H25BrN4O/c1-4-25(5-2)19-12-6-16(7-13-19)14-22-24-20(26)15(3)23-18-10-8-17(21)9-11-18/h6-15,23H,4-5H2,1-3H3,(H,24,26). The molecule has 0 saturated heterocycles. The maximum absolute atomic E-state index is 12.1. The molecule has 0 heterocycles. The molecule has 26 heavy (non-hydrogen) atoms. The molecule has 2 rings (SSSR count). The summed E-state index contributed by atoms with van der Waals surface area (Å²) in [4.78, 5) is 14.4. The van der Waals surface area contributed by atoms with Gasteiger partial charge in [0.25, 0.3) is 5.91 Å². The first kappa shape index (κ1) is 20.0. The van der Waals surface area contributed by atoms with Crippen molar-refractivity contribution in [3.63, 3.8) is 0 Å². The first-order valence-corrected chi connectivity index (χ1v) is 9.52. The summed E-state index contributed by atoms with van der Waals surface area (Å²) in [5.41, 5.74) is 5.58. The van der Waals surface area contributed by atoms with Crippen molar-refractivity contribution in [1.29, 1.82) is 0 Å². The van der Waals surface area contributed by atoms with E-state index in [0.717, 1.165) is 28.8 Å². The second-order valence-electron chi connectivity index (χ2n) is 5.87. The zero-order valence-electron chi connectivity index (χ0n) is 15.4. The number of nitrogens with zero attached hydrogens (tertiary/aromatic N) is 2. The topological polar surface area (TPSA) is 56.7 Å². The number of nitrogens with one attached hydrogen (secondary N) is 2. The fraction of sp³-hybridized carbons (Fsp3) is 0.300. The van der Waals surface area contributed by atoms with Gasteiger partial charge in [-0.05, 0) is 62.7 Å². The van der Waals surface area contributed by atoms with E-state index in [1.54, 1.807) is 13.1 Å². The van der Waals surface area contributed by atoms with Crippen molar-refractivity contribution in [3.05, 3.63) is 58.6 Å².